The average molecular weight is 219 g/mol. The van der Waals surface area contributed by atoms with E-state index in [4.69, 9.17) is 0 Å². The Hall–Kier alpha value is -1.58. The van der Waals surface area contributed by atoms with Crippen LogP contribution in [-0.4, -0.2) is 35.4 Å². The molecule has 1 aliphatic rings. The molecule has 1 aliphatic carbocycles. The Balaban J connectivity index is 2.18. The second-order valence-electron chi connectivity index (χ2n) is 4.00. The molecule has 86 valence electrons. The van der Waals surface area contributed by atoms with Crippen LogP contribution in [0.2, 0.25) is 0 Å². The molecule has 1 heterocycles. The van der Waals surface area contributed by atoms with E-state index < -0.39 is 0 Å². The first-order chi connectivity index (χ1) is 7.76. The normalized spacial score (nSPS) is 14.6. The minimum Gasteiger partial charge on any atom is -0.373 e. The van der Waals surface area contributed by atoms with Crippen LogP contribution in [0.3, 0.4) is 0 Å². The molecule has 1 saturated carbocycles. The number of carbonyl (C=O) groups is 1. The van der Waals surface area contributed by atoms with Crippen LogP contribution in [0.1, 0.15) is 30.1 Å². The van der Waals surface area contributed by atoms with Crippen molar-refractivity contribution in [3.05, 3.63) is 23.9 Å². The molecule has 1 fully saturated rings. The average Bonchev–Trinajstić information content (AvgIpc) is 3.14. The van der Waals surface area contributed by atoms with Gasteiger partial charge in [-0.3, -0.25) is 4.79 Å². The molecule has 1 N–H and O–H groups in total. The number of aromatic nitrogens is 1. The Morgan fingerprint density at radius 2 is 2.38 bits per heavy atom. The number of anilines is 1. The lowest BCUT2D eigenvalue weighted by atomic mass is 10.2. The number of pyridine rings is 1. The topological polar surface area (TPSA) is 45.2 Å². The van der Waals surface area contributed by atoms with Crippen molar-refractivity contribution in [2.24, 2.45) is 0 Å². The Labute approximate surface area is 95.7 Å². The van der Waals surface area contributed by atoms with Gasteiger partial charge in [-0.2, -0.15) is 0 Å². The van der Waals surface area contributed by atoms with Crippen molar-refractivity contribution in [1.29, 1.82) is 0 Å². The number of nitrogens with one attached hydrogen (secondary N) is 1. The van der Waals surface area contributed by atoms with Gasteiger partial charge in [0.05, 0.1) is 0 Å². The van der Waals surface area contributed by atoms with Gasteiger partial charge >= 0.3 is 0 Å². The van der Waals surface area contributed by atoms with Crippen molar-refractivity contribution >= 4 is 11.7 Å². The van der Waals surface area contributed by atoms with Crippen LogP contribution in [-0.2, 0) is 0 Å². The van der Waals surface area contributed by atoms with Gasteiger partial charge in [0, 0.05) is 31.4 Å². The third-order valence-corrected chi connectivity index (χ3v) is 2.85. The Bertz CT molecular complexity index is 388. The highest BCUT2D eigenvalue weighted by molar-refractivity contribution is 5.95. The van der Waals surface area contributed by atoms with E-state index in [1.165, 1.54) is 0 Å². The van der Waals surface area contributed by atoms with Crippen LogP contribution in [0.25, 0.3) is 0 Å². The van der Waals surface area contributed by atoms with E-state index in [1.54, 1.807) is 25.4 Å². The lowest BCUT2D eigenvalue weighted by Gasteiger charge is -2.20. The highest BCUT2D eigenvalue weighted by atomic mass is 16.2. The number of hydrogen-bond donors (Lipinski definition) is 1. The number of hydrogen-bond acceptors (Lipinski definition) is 3. The molecule has 0 radical (unpaired) electrons. The summed E-state index contributed by atoms with van der Waals surface area (Å²) in [6.07, 6.45) is 3.95. The zero-order valence-corrected chi connectivity index (χ0v) is 9.73. The predicted octanol–water partition coefficient (Wildman–Crippen LogP) is 1.75. The van der Waals surface area contributed by atoms with Crippen molar-refractivity contribution in [1.82, 2.24) is 9.88 Å². The van der Waals surface area contributed by atoms with E-state index in [1.807, 2.05) is 11.8 Å². The Morgan fingerprint density at radius 1 is 1.62 bits per heavy atom. The monoisotopic (exact) mass is 219 g/mol. The first-order valence-electron chi connectivity index (χ1n) is 5.71. The van der Waals surface area contributed by atoms with Gasteiger partial charge in [-0.1, -0.05) is 0 Å². The first kappa shape index (κ1) is 10.9. The highest BCUT2D eigenvalue weighted by Crippen LogP contribution is 2.28. The lowest BCUT2D eigenvalue weighted by molar-refractivity contribution is 0.0752. The van der Waals surface area contributed by atoms with Gasteiger partial charge in [-0.25, -0.2) is 4.98 Å². The van der Waals surface area contributed by atoms with Gasteiger partial charge in [0.1, 0.15) is 5.82 Å². The maximum absolute atomic E-state index is 12.2. The SMILES string of the molecule is CCN(C(=O)c1ccnc(NC)c1)C1CC1. The zero-order chi connectivity index (χ0) is 11.5. The molecule has 0 aliphatic heterocycles. The molecular weight excluding hydrogens is 202 g/mol. The molecule has 4 nitrogen and oxygen atoms in total. The molecule has 0 spiro atoms. The summed E-state index contributed by atoms with van der Waals surface area (Å²) in [6.45, 7) is 2.80. The van der Waals surface area contributed by atoms with Crippen LogP contribution in [0.5, 0.6) is 0 Å². The van der Waals surface area contributed by atoms with E-state index >= 15 is 0 Å². The summed E-state index contributed by atoms with van der Waals surface area (Å²) in [4.78, 5) is 18.2. The third kappa shape index (κ3) is 2.15. The van der Waals surface area contributed by atoms with E-state index in [0.29, 0.717) is 11.6 Å². The Morgan fingerprint density at radius 3 is 2.94 bits per heavy atom. The van der Waals surface area contributed by atoms with Gasteiger partial charge in [-0.05, 0) is 31.9 Å². The minimum atomic E-state index is 0.115. The van der Waals surface area contributed by atoms with E-state index in [9.17, 15) is 4.79 Å². The molecule has 16 heavy (non-hydrogen) atoms. The van der Waals surface area contributed by atoms with Crippen molar-refractivity contribution in [2.45, 2.75) is 25.8 Å². The molecular formula is C12H17N3O. The van der Waals surface area contributed by atoms with Crippen LogP contribution < -0.4 is 5.32 Å². The Kier molecular flexibility index (Phi) is 3.08. The standard InChI is InChI=1S/C12H17N3O/c1-3-15(10-4-5-10)12(16)9-6-7-14-11(8-9)13-2/h6-8,10H,3-5H2,1-2H3,(H,13,14). The predicted molar refractivity (Wildman–Crippen MR) is 63.5 cm³/mol. The molecule has 1 aromatic rings. The molecule has 0 bridgehead atoms. The third-order valence-electron chi connectivity index (χ3n) is 2.85. The zero-order valence-electron chi connectivity index (χ0n) is 9.73. The van der Waals surface area contributed by atoms with Crippen LogP contribution in [0.15, 0.2) is 18.3 Å². The van der Waals surface area contributed by atoms with E-state index in [0.717, 1.165) is 25.2 Å². The van der Waals surface area contributed by atoms with Crippen molar-refractivity contribution < 1.29 is 4.79 Å². The summed E-state index contributed by atoms with van der Waals surface area (Å²) < 4.78 is 0. The number of nitrogens with zero attached hydrogens (tertiary/aromatic N) is 2. The summed E-state index contributed by atoms with van der Waals surface area (Å²) in [5.74, 6) is 0.849. The second-order valence-corrected chi connectivity index (χ2v) is 4.00. The summed E-state index contributed by atoms with van der Waals surface area (Å²) in [5, 5.41) is 2.94. The van der Waals surface area contributed by atoms with Gasteiger partial charge in [0.2, 0.25) is 0 Å². The maximum atomic E-state index is 12.2. The maximum Gasteiger partial charge on any atom is 0.254 e. The van der Waals surface area contributed by atoms with Crippen LogP contribution in [0.4, 0.5) is 5.82 Å². The summed E-state index contributed by atoms with van der Waals surface area (Å²) in [7, 11) is 1.80. The molecule has 4 heteroatoms. The number of rotatable bonds is 4. The fraction of sp³-hybridized carbons (Fsp3) is 0.500. The van der Waals surface area contributed by atoms with Gasteiger partial charge in [0.15, 0.2) is 0 Å². The van der Waals surface area contributed by atoms with Gasteiger partial charge in [-0.15, -0.1) is 0 Å². The largest absolute Gasteiger partial charge is 0.373 e. The summed E-state index contributed by atoms with van der Waals surface area (Å²) >= 11 is 0. The molecule has 0 atom stereocenters. The quantitative estimate of drug-likeness (QED) is 0.839. The molecule has 1 amide bonds. The van der Waals surface area contributed by atoms with Crippen molar-refractivity contribution in [3.63, 3.8) is 0 Å². The van der Waals surface area contributed by atoms with Crippen molar-refractivity contribution in [3.8, 4) is 0 Å². The van der Waals surface area contributed by atoms with Crippen LogP contribution >= 0.6 is 0 Å². The van der Waals surface area contributed by atoms with Gasteiger partial charge < -0.3 is 10.2 Å². The molecule has 2 rings (SSSR count). The summed E-state index contributed by atoms with van der Waals surface area (Å²) in [5.41, 5.74) is 0.716. The fourth-order valence-electron chi connectivity index (χ4n) is 1.82. The summed E-state index contributed by atoms with van der Waals surface area (Å²) in [6, 6.07) is 4.03. The molecule has 0 saturated heterocycles. The van der Waals surface area contributed by atoms with E-state index in [-0.39, 0.29) is 5.91 Å². The minimum absolute atomic E-state index is 0.115. The van der Waals surface area contributed by atoms with Crippen LogP contribution in [0, 0.1) is 0 Å². The fourth-order valence-corrected chi connectivity index (χ4v) is 1.82. The highest BCUT2D eigenvalue weighted by Gasteiger charge is 2.31. The van der Waals surface area contributed by atoms with Crippen molar-refractivity contribution in [2.75, 3.05) is 18.9 Å². The van der Waals surface area contributed by atoms with E-state index in [2.05, 4.69) is 10.3 Å². The van der Waals surface area contributed by atoms with Gasteiger partial charge in [0.25, 0.3) is 5.91 Å². The molecule has 0 aromatic carbocycles. The smallest absolute Gasteiger partial charge is 0.254 e. The first-order valence-corrected chi connectivity index (χ1v) is 5.71. The lowest BCUT2D eigenvalue weighted by Crippen LogP contribution is -2.32. The number of carbonyl (C=O) groups excluding carboxylic acids is 1. The molecule has 0 unspecified atom stereocenters. The second kappa shape index (κ2) is 4.51. The number of amides is 1. The molecule has 1 aromatic heterocycles.